The van der Waals surface area contributed by atoms with Gasteiger partial charge in [-0.05, 0) is 30.3 Å². The van der Waals surface area contributed by atoms with E-state index in [0.29, 0.717) is 22.7 Å². The fourth-order valence-electron chi connectivity index (χ4n) is 1.59. The number of hydrogen-bond donors (Lipinski definition) is 1. The minimum absolute atomic E-state index is 0.113. The Morgan fingerprint density at radius 2 is 2.00 bits per heavy atom. The average molecular weight is 326 g/mol. The molecule has 0 radical (unpaired) electrons. The van der Waals surface area contributed by atoms with Gasteiger partial charge in [-0.15, -0.1) is 0 Å². The number of benzene rings is 2. The van der Waals surface area contributed by atoms with Crippen molar-refractivity contribution in [1.29, 1.82) is 0 Å². The van der Waals surface area contributed by atoms with Gasteiger partial charge in [0.15, 0.2) is 0 Å². The number of hydrogen-bond acceptors (Lipinski definition) is 3. The van der Waals surface area contributed by atoms with Gasteiger partial charge in [0, 0.05) is 16.1 Å². The Balaban J connectivity index is 2.12. The van der Waals surface area contributed by atoms with Crippen LogP contribution in [0.1, 0.15) is 5.56 Å². The topological polar surface area (TPSA) is 44.5 Å². The summed E-state index contributed by atoms with van der Waals surface area (Å²) in [4.78, 5) is 0. The normalized spacial score (nSPS) is 10.3. The van der Waals surface area contributed by atoms with Crippen LogP contribution in [0.25, 0.3) is 0 Å². The van der Waals surface area contributed by atoms with Crippen LogP contribution in [0, 0.1) is 5.82 Å². The average Bonchev–Trinajstić information content (AvgIpc) is 2.40. The molecule has 0 spiro atoms. The van der Waals surface area contributed by atoms with E-state index in [9.17, 15) is 4.39 Å². The minimum Gasteiger partial charge on any atom is -0.497 e. The number of nitrogen functional groups attached to an aromatic ring is 1. The lowest BCUT2D eigenvalue weighted by molar-refractivity contribution is 0.301. The van der Waals surface area contributed by atoms with E-state index in [1.807, 2.05) is 0 Å². The highest BCUT2D eigenvalue weighted by atomic mass is 79.9. The molecule has 2 rings (SSSR count). The molecule has 0 bridgehead atoms. The van der Waals surface area contributed by atoms with E-state index in [1.165, 1.54) is 6.07 Å². The van der Waals surface area contributed by atoms with Crippen LogP contribution < -0.4 is 15.2 Å². The van der Waals surface area contributed by atoms with Gasteiger partial charge in [0.1, 0.15) is 23.9 Å². The maximum atomic E-state index is 13.5. The molecule has 0 aliphatic heterocycles. The summed E-state index contributed by atoms with van der Waals surface area (Å²) in [6.45, 7) is 0.113. The molecule has 0 heterocycles. The quantitative estimate of drug-likeness (QED) is 0.870. The number of nitrogens with two attached hydrogens (primary N) is 1. The van der Waals surface area contributed by atoms with E-state index in [1.54, 1.807) is 37.4 Å². The maximum Gasteiger partial charge on any atom is 0.142 e. The van der Waals surface area contributed by atoms with E-state index in [2.05, 4.69) is 15.9 Å². The third-order valence-corrected chi connectivity index (χ3v) is 3.10. The van der Waals surface area contributed by atoms with Crippen LogP contribution in [-0.4, -0.2) is 7.11 Å². The summed E-state index contributed by atoms with van der Waals surface area (Å²) in [6.07, 6.45) is 0. The highest BCUT2D eigenvalue weighted by Gasteiger charge is 2.06. The van der Waals surface area contributed by atoms with Gasteiger partial charge in [0.25, 0.3) is 0 Å². The second-order valence-electron chi connectivity index (χ2n) is 3.93. The zero-order chi connectivity index (χ0) is 13.8. The van der Waals surface area contributed by atoms with E-state index in [0.717, 1.165) is 4.47 Å². The van der Waals surface area contributed by atoms with Gasteiger partial charge < -0.3 is 15.2 Å². The third-order valence-electron chi connectivity index (χ3n) is 2.61. The second-order valence-corrected chi connectivity index (χ2v) is 4.84. The Hall–Kier alpha value is -1.75. The van der Waals surface area contributed by atoms with E-state index < -0.39 is 0 Å². The van der Waals surface area contributed by atoms with Crippen molar-refractivity contribution in [3.8, 4) is 11.5 Å². The highest BCUT2D eigenvalue weighted by molar-refractivity contribution is 9.10. The summed E-state index contributed by atoms with van der Waals surface area (Å²) in [6, 6.07) is 9.80. The maximum absolute atomic E-state index is 13.5. The van der Waals surface area contributed by atoms with Crippen LogP contribution in [0.5, 0.6) is 11.5 Å². The predicted octanol–water partition coefficient (Wildman–Crippen LogP) is 3.76. The van der Waals surface area contributed by atoms with Crippen molar-refractivity contribution in [2.24, 2.45) is 0 Å². The molecule has 0 aromatic heterocycles. The molecule has 0 aliphatic carbocycles. The SMILES string of the molecule is COc1ccc(OCc2cc(Br)ccc2F)c(N)c1. The van der Waals surface area contributed by atoms with Crippen LogP contribution in [0.15, 0.2) is 40.9 Å². The van der Waals surface area contributed by atoms with Crippen LogP contribution in [0.2, 0.25) is 0 Å². The van der Waals surface area contributed by atoms with Gasteiger partial charge in [-0.1, -0.05) is 15.9 Å². The molecule has 100 valence electrons. The number of anilines is 1. The lowest BCUT2D eigenvalue weighted by Gasteiger charge is -2.11. The molecule has 0 aliphatic rings. The van der Waals surface area contributed by atoms with Gasteiger partial charge >= 0.3 is 0 Å². The van der Waals surface area contributed by atoms with Crippen molar-refractivity contribution in [1.82, 2.24) is 0 Å². The van der Waals surface area contributed by atoms with Gasteiger partial charge in [-0.25, -0.2) is 4.39 Å². The smallest absolute Gasteiger partial charge is 0.142 e. The first-order valence-corrected chi connectivity index (χ1v) is 6.39. The highest BCUT2D eigenvalue weighted by Crippen LogP contribution is 2.27. The summed E-state index contributed by atoms with van der Waals surface area (Å²) in [5.41, 5.74) is 6.74. The van der Waals surface area contributed by atoms with Gasteiger partial charge in [0.05, 0.1) is 12.8 Å². The minimum atomic E-state index is -0.310. The van der Waals surface area contributed by atoms with Gasteiger partial charge in [-0.3, -0.25) is 0 Å². The first-order valence-electron chi connectivity index (χ1n) is 5.60. The zero-order valence-electron chi connectivity index (χ0n) is 10.3. The predicted molar refractivity (Wildman–Crippen MR) is 75.8 cm³/mol. The first kappa shape index (κ1) is 13.7. The summed E-state index contributed by atoms with van der Waals surface area (Å²) in [5, 5.41) is 0. The monoisotopic (exact) mass is 325 g/mol. The lowest BCUT2D eigenvalue weighted by Crippen LogP contribution is -2.01. The molecule has 5 heteroatoms. The van der Waals surface area contributed by atoms with Crippen molar-refractivity contribution in [2.75, 3.05) is 12.8 Å². The van der Waals surface area contributed by atoms with E-state index >= 15 is 0 Å². The molecular weight excluding hydrogens is 313 g/mol. The summed E-state index contributed by atoms with van der Waals surface area (Å²) < 4.78 is 24.9. The fourth-order valence-corrected chi connectivity index (χ4v) is 2.00. The Kier molecular flexibility index (Phi) is 4.27. The number of ether oxygens (including phenoxy) is 2. The van der Waals surface area contributed by atoms with Crippen molar-refractivity contribution >= 4 is 21.6 Å². The summed E-state index contributed by atoms with van der Waals surface area (Å²) in [5.74, 6) is 0.842. The van der Waals surface area contributed by atoms with Crippen molar-refractivity contribution < 1.29 is 13.9 Å². The number of methoxy groups -OCH3 is 1. The molecule has 0 amide bonds. The van der Waals surface area contributed by atoms with Gasteiger partial charge in [0.2, 0.25) is 0 Å². The molecule has 2 aromatic carbocycles. The van der Waals surface area contributed by atoms with Crippen molar-refractivity contribution in [2.45, 2.75) is 6.61 Å². The molecule has 0 unspecified atom stereocenters. The van der Waals surface area contributed by atoms with E-state index in [-0.39, 0.29) is 12.4 Å². The fraction of sp³-hybridized carbons (Fsp3) is 0.143. The molecule has 0 fully saturated rings. The summed E-state index contributed by atoms with van der Waals surface area (Å²) in [7, 11) is 1.56. The molecule has 2 N–H and O–H groups in total. The largest absolute Gasteiger partial charge is 0.497 e. The second kappa shape index (κ2) is 5.93. The molecular formula is C14H13BrFNO2. The van der Waals surface area contributed by atoms with Crippen LogP contribution >= 0.6 is 15.9 Å². The van der Waals surface area contributed by atoms with Crippen molar-refractivity contribution in [3.63, 3.8) is 0 Å². The molecule has 2 aromatic rings. The molecule has 3 nitrogen and oxygen atoms in total. The van der Waals surface area contributed by atoms with Crippen LogP contribution in [0.3, 0.4) is 0 Å². The standard InChI is InChI=1S/C14H13BrFNO2/c1-18-11-3-5-14(13(17)7-11)19-8-9-6-10(15)2-4-12(9)16/h2-7H,8,17H2,1H3. The Morgan fingerprint density at radius 1 is 1.21 bits per heavy atom. The molecule has 0 saturated carbocycles. The summed E-state index contributed by atoms with van der Waals surface area (Å²) >= 11 is 3.29. The molecule has 0 atom stereocenters. The molecule has 0 saturated heterocycles. The zero-order valence-corrected chi connectivity index (χ0v) is 11.9. The Bertz CT molecular complexity index is 590. The number of rotatable bonds is 4. The number of halogens is 2. The third kappa shape index (κ3) is 3.38. The Labute approximate surface area is 119 Å². The Morgan fingerprint density at radius 3 is 2.68 bits per heavy atom. The van der Waals surface area contributed by atoms with Crippen LogP contribution in [0.4, 0.5) is 10.1 Å². The van der Waals surface area contributed by atoms with Crippen molar-refractivity contribution in [3.05, 3.63) is 52.3 Å². The lowest BCUT2D eigenvalue weighted by atomic mass is 10.2. The molecule has 19 heavy (non-hydrogen) atoms. The first-order chi connectivity index (χ1) is 9.10. The van der Waals surface area contributed by atoms with Crippen LogP contribution in [-0.2, 0) is 6.61 Å². The van der Waals surface area contributed by atoms with E-state index in [4.69, 9.17) is 15.2 Å². The van der Waals surface area contributed by atoms with Gasteiger partial charge in [-0.2, -0.15) is 0 Å².